The van der Waals surface area contributed by atoms with Crippen molar-refractivity contribution in [2.45, 2.75) is 19.5 Å². The number of benzene rings is 1. The molecule has 3 N–H and O–H groups in total. The lowest BCUT2D eigenvalue weighted by molar-refractivity contribution is -0.141. The van der Waals surface area contributed by atoms with Crippen LogP contribution in [0.15, 0.2) is 43.0 Å². The van der Waals surface area contributed by atoms with Gasteiger partial charge in [0.25, 0.3) is 0 Å². The van der Waals surface area contributed by atoms with Crippen molar-refractivity contribution in [1.29, 1.82) is 0 Å². The van der Waals surface area contributed by atoms with E-state index in [0.29, 0.717) is 52.3 Å². The van der Waals surface area contributed by atoms with Crippen molar-refractivity contribution in [2.24, 2.45) is 0 Å². The molecule has 1 aromatic carbocycles. The van der Waals surface area contributed by atoms with Crippen molar-refractivity contribution < 1.29 is 17.6 Å². The Balaban J connectivity index is 1.81. The molecule has 4 aromatic rings. The van der Waals surface area contributed by atoms with Crippen LogP contribution in [0.1, 0.15) is 23.9 Å². The van der Waals surface area contributed by atoms with Gasteiger partial charge in [-0.3, -0.25) is 4.98 Å². The van der Waals surface area contributed by atoms with Crippen LogP contribution in [0.4, 0.5) is 29.2 Å². The van der Waals surface area contributed by atoms with Crippen LogP contribution < -0.4 is 11.1 Å². The van der Waals surface area contributed by atoms with E-state index in [4.69, 9.17) is 5.73 Å². The van der Waals surface area contributed by atoms with Crippen molar-refractivity contribution >= 4 is 11.6 Å². The SMILES string of the molecule is CCNc1cc(F)cc2c1Cc1ncc(-c3cnc(N)nc3)c(-n3ccc(C(F)(F)F)n3)c1-2. The average Bonchev–Trinajstić information content (AvgIpc) is 3.39. The number of halogens is 4. The fraction of sp³-hybridized carbons (Fsp3) is 0.182. The molecule has 3 heterocycles. The Labute approximate surface area is 185 Å². The number of nitrogens with zero attached hydrogens (tertiary/aromatic N) is 5. The van der Waals surface area contributed by atoms with Crippen molar-refractivity contribution in [3.8, 4) is 27.9 Å². The minimum absolute atomic E-state index is 0.0514. The Hall–Kier alpha value is -4.02. The van der Waals surface area contributed by atoms with Gasteiger partial charge in [0, 0.05) is 60.1 Å². The number of aromatic nitrogens is 5. The fourth-order valence-electron chi connectivity index (χ4n) is 4.05. The minimum Gasteiger partial charge on any atom is -0.385 e. The van der Waals surface area contributed by atoms with Gasteiger partial charge in [-0.1, -0.05) is 0 Å². The van der Waals surface area contributed by atoms with Crippen LogP contribution in [0, 0.1) is 5.82 Å². The Kier molecular flexibility index (Phi) is 4.76. The molecule has 0 atom stereocenters. The number of hydrogen-bond acceptors (Lipinski definition) is 6. The van der Waals surface area contributed by atoms with Gasteiger partial charge in [0.15, 0.2) is 5.69 Å². The van der Waals surface area contributed by atoms with E-state index in [2.05, 4.69) is 25.4 Å². The Morgan fingerprint density at radius 1 is 1.09 bits per heavy atom. The van der Waals surface area contributed by atoms with Gasteiger partial charge in [0.2, 0.25) is 5.95 Å². The second kappa shape index (κ2) is 7.54. The quantitative estimate of drug-likeness (QED) is 0.389. The van der Waals surface area contributed by atoms with Gasteiger partial charge >= 0.3 is 6.18 Å². The standard InChI is InChI=1S/C22H17F4N7/c1-2-28-16-6-12(23)5-14-13(16)7-17-19(14)20(33-4-3-18(32-33)22(24,25)26)15(10-29-17)11-8-30-21(27)31-9-11/h3-6,8-10,28H,2,7H2,1H3,(H2,27,30,31). The zero-order valence-corrected chi connectivity index (χ0v) is 17.3. The Morgan fingerprint density at radius 2 is 1.85 bits per heavy atom. The molecule has 0 unspecified atom stereocenters. The number of nitrogens with one attached hydrogen (secondary N) is 1. The first-order valence-electron chi connectivity index (χ1n) is 10.1. The van der Waals surface area contributed by atoms with E-state index in [0.717, 1.165) is 16.3 Å². The summed E-state index contributed by atoms with van der Waals surface area (Å²) in [6, 6.07) is 3.66. The van der Waals surface area contributed by atoms with Crippen molar-refractivity contribution in [2.75, 3.05) is 17.6 Å². The maximum Gasteiger partial charge on any atom is 0.435 e. The van der Waals surface area contributed by atoms with Crippen molar-refractivity contribution in [3.05, 3.63) is 65.8 Å². The van der Waals surface area contributed by atoms with E-state index in [-0.39, 0.29) is 5.95 Å². The number of hydrogen-bond donors (Lipinski definition) is 2. The van der Waals surface area contributed by atoms with Crippen LogP contribution in [-0.2, 0) is 12.6 Å². The van der Waals surface area contributed by atoms with Crippen molar-refractivity contribution in [3.63, 3.8) is 0 Å². The van der Waals surface area contributed by atoms with Crippen LogP contribution in [0.2, 0.25) is 0 Å². The highest BCUT2D eigenvalue weighted by Gasteiger charge is 2.35. The molecule has 1 aliphatic rings. The lowest BCUT2D eigenvalue weighted by Gasteiger charge is -2.16. The molecule has 0 amide bonds. The number of rotatable bonds is 4. The highest BCUT2D eigenvalue weighted by molar-refractivity contribution is 5.91. The van der Waals surface area contributed by atoms with Gasteiger partial charge in [0.05, 0.1) is 11.4 Å². The van der Waals surface area contributed by atoms with Gasteiger partial charge in [-0.05, 0) is 36.2 Å². The van der Waals surface area contributed by atoms with E-state index >= 15 is 0 Å². The molecule has 0 saturated heterocycles. The summed E-state index contributed by atoms with van der Waals surface area (Å²) in [5.41, 5.74) is 8.89. The van der Waals surface area contributed by atoms with E-state index < -0.39 is 17.7 Å². The first-order chi connectivity index (χ1) is 15.8. The number of fused-ring (bicyclic) bond motifs is 3. The molecule has 0 saturated carbocycles. The van der Waals surface area contributed by atoms with Gasteiger partial charge in [-0.25, -0.2) is 19.0 Å². The van der Waals surface area contributed by atoms with Gasteiger partial charge in [-0.15, -0.1) is 0 Å². The summed E-state index contributed by atoms with van der Waals surface area (Å²) in [6.07, 6.45) is 1.44. The van der Waals surface area contributed by atoms with Gasteiger partial charge < -0.3 is 11.1 Å². The Bertz CT molecular complexity index is 1360. The lowest BCUT2D eigenvalue weighted by atomic mass is 9.99. The summed E-state index contributed by atoms with van der Waals surface area (Å²) >= 11 is 0. The number of pyridine rings is 1. The van der Waals surface area contributed by atoms with Crippen LogP contribution in [0.25, 0.3) is 27.9 Å². The zero-order valence-electron chi connectivity index (χ0n) is 17.3. The molecular formula is C22H17F4N7. The molecule has 0 radical (unpaired) electrons. The third kappa shape index (κ3) is 3.55. The minimum atomic E-state index is -4.62. The first kappa shape index (κ1) is 20.9. The second-order valence-corrected chi connectivity index (χ2v) is 7.50. The number of anilines is 2. The predicted octanol–water partition coefficient (Wildman–Crippen LogP) is 4.47. The summed E-state index contributed by atoms with van der Waals surface area (Å²) in [4.78, 5) is 12.5. The van der Waals surface area contributed by atoms with Crippen LogP contribution in [-0.4, -0.2) is 31.3 Å². The number of alkyl halides is 3. The largest absolute Gasteiger partial charge is 0.435 e. The first-order valence-corrected chi connectivity index (χ1v) is 10.1. The molecule has 0 spiro atoms. The van der Waals surface area contributed by atoms with Crippen molar-refractivity contribution in [1.82, 2.24) is 24.7 Å². The maximum absolute atomic E-state index is 14.5. The highest BCUT2D eigenvalue weighted by atomic mass is 19.4. The zero-order chi connectivity index (χ0) is 23.3. The molecule has 1 aliphatic carbocycles. The number of nitrogens with two attached hydrogens (primary N) is 1. The summed E-state index contributed by atoms with van der Waals surface area (Å²) in [5.74, 6) is -0.420. The van der Waals surface area contributed by atoms with Crippen LogP contribution >= 0.6 is 0 Å². The smallest absolute Gasteiger partial charge is 0.385 e. The third-order valence-corrected chi connectivity index (χ3v) is 5.42. The summed E-state index contributed by atoms with van der Waals surface area (Å²) in [5, 5.41) is 6.92. The monoisotopic (exact) mass is 455 g/mol. The van der Waals surface area contributed by atoms with Crippen LogP contribution in [0.3, 0.4) is 0 Å². The van der Waals surface area contributed by atoms with E-state index in [1.807, 2.05) is 6.92 Å². The number of nitrogen functional groups attached to an aromatic ring is 1. The van der Waals surface area contributed by atoms with Gasteiger partial charge in [0.1, 0.15) is 5.82 Å². The molecule has 5 rings (SSSR count). The summed E-state index contributed by atoms with van der Waals surface area (Å²) < 4.78 is 55.6. The normalized spacial score (nSPS) is 12.5. The van der Waals surface area contributed by atoms with Gasteiger partial charge in [-0.2, -0.15) is 18.3 Å². The molecule has 0 aliphatic heterocycles. The maximum atomic E-state index is 14.5. The molecule has 0 fully saturated rings. The topological polar surface area (TPSA) is 94.5 Å². The molecule has 11 heteroatoms. The van der Waals surface area contributed by atoms with E-state index in [1.165, 1.54) is 36.9 Å². The summed E-state index contributed by atoms with van der Waals surface area (Å²) in [6.45, 7) is 2.47. The Morgan fingerprint density at radius 3 is 2.52 bits per heavy atom. The predicted molar refractivity (Wildman–Crippen MR) is 114 cm³/mol. The van der Waals surface area contributed by atoms with Crippen LogP contribution in [0.5, 0.6) is 0 Å². The molecular weight excluding hydrogens is 438 g/mol. The molecule has 7 nitrogen and oxygen atoms in total. The fourth-order valence-corrected chi connectivity index (χ4v) is 4.05. The third-order valence-electron chi connectivity index (χ3n) is 5.42. The second-order valence-electron chi connectivity index (χ2n) is 7.50. The molecule has 33 heavy (non-hydrogen) atoms. The molecule has 3 aromatic heterocycles. The summed E-state index contributed by atoms with van der Waals surface area (Å²) in [7, 11) is 0. The average molecular weight is 455 g/mol. The van der Waals surface area contributed by atoms with E-state index in [1.54, 1.807) is 0 Å². The molecule has 168 valence electrons. The lowest BCUT2D eigenvalue weighted by Crippen LogP contribution is -2.09. The molecule has 0 bridgehead atoms. The van der Waals surface area contributed by atoms with E-state index in [9.17, 15) is 17.6 Å². The highest BCUT2D eigenvalue weighted by Crippen LogP contribution is 2.46.